The van der Waals surface area contributed by atoms with E-state index in [0.29, 0.717) is 12.5 Å². The average Bonchev–Trinajstić information content (AvgIpc) is 2.13. The molecule has 1 unspecified atom stereocenters. The second-order valence-corrected chi connectivity index (χ2v) is 5.25. The number of carbonyl (C=O) groups is 2. The van der Waals surface area contributed by atoms with E-state index in [9.17, 15) is 9.59 Å². The summed E-state index contributed by atoms with van der Waals surface area (Å²) in [5.74, 6) is 0.416. The number of amides is 2. The van der Waals surface area contributed by atoms with Crippen molar-refractivity contribution in [2.75, 3.05) is 13.1 Å². The van der Waals surface area contributed by atoms with Gasteiger partial charge in [0.25, 0.3) is 0 Å². The van der Waals surface area contributed by atoms with Crippen LogP contribution in [0.4, 0.5) is 0 Å². The topological polar surface area (TPSA) is 49.4 Å². The van der Waals surface area contributed by atoms with Crippen LogP contribution in [0.25, 0.3) is 0 Å². The van der Waals surface area contributed by atoms with Gasteiger partial charge in [0.1, 0.15) is 5.54 Å². The van der Waals surface area contributed by atoms with E-state index in [1.54, 1.807) is 18.7 Å². The molecule has 1 N–H and O–H groups in total. The molecule has 1 aliphatic rings. The van der Waals surface area contributed by atoms with Gasteiger partial charge in [-0.2, -0.15) is 0 Å². The van der Waals surface area contributed by atoms with Gasteiger partial charge in [0.2, 0.25) is 11.8 Å². The molecular weight excluding hydrogens is 204 g/mol. The summed E-state index contributed by atoms with van der Waals surface area (Å²) in [5, 5.41) is 2.71. The van der Waals surface area contributed by atoms with E-state index in [0.717, 1.165) is 12.8 Å². The lowest BCUT2D eigenvalue weighted by molar-refractivity contribution is -0.148. The third-order valence-electron chi connectivity index (χ3n) is 2.92. The van der Waals surface area contributed by atoms with Gasteiger partial charge in [0.15, 0.2) is 0 Å². The van der Waals surface area contributed by atoms with Crippen molar-refractivity contribution < 1.29 is 9.59 Å². The fourth-order valence-corrected chi connectivity index (χ4v) is 2.19. The highest BCUT2D eigenvalue weighted by Gasteiger charge is 2.39. The summed E-state index contributed by atoms with van der Waals surface area (Å²) < 4.78 is 0. The molecule has 1 rings (SSSR count). The van der Waals surface area contributed by atoms with Crippen LogP contribution in [0.15, 0.2) is 0 Å². The molecule has 4 nitrogen and oxygen atoms in total. The maximum atomic E-state index is 12.0. The van der Waals surface area contributed by atoms with E-state index in [1.165, 1.54) is 0 Å². The standard InChI is InChI=1S/C12H22N2O2/c1-5-6-9(2)7-14-8-10(15)13-12(3,4)11(14)16/h9H,5-8H2,1-4H3,(H,13,15). The lowest BCUT2D eigenvalue weighted by Gasteiger charge is -2.38. The monoisotopic (exact) mass is 226 g/mol. The number of nitrogens with zero attached hydrogens (tertiary/aromatic N) is 1. The number of piperazine rings is 1. The molecule has 4 heteroatoms. The number of hydrogen-bond acceptors (Lipinski definition) is 2. The van der Waals surface area contributed by atoms with Gasteiger partial charge in [-0.25, -0.2) is 0 Å². The van der Waals surface area contributed by atoms with Crippen molar-refractivity contribution in [2.24, 2.45) is 5.92 Å². The molecule has 0 bridgehead atoms. The van der Waals surface area contributed by atoms with Crippen molar-refractivity contribution in [1.82, 2.24) is 10.2 Å². The Bertz CT molecular complexity index is 287. The third kappa shape index (κ3) is 2.97. The van der Waals surface area contributed by atoms with Crippen molar-refractivity contribution in [3.8, 4) is 0 Å². The van der Waals surface area contributed by atoms with Gasteiger partial charge >= 0.3 is 0 Å². The first-order valence-corrected chi connectivity index (χ1v) is 5.97. The summed E-state index contributed by atoms with van der Waals surface area (Å²) in [4.78, 5) is 25.2. The number of carbonyl (C=O) groups excluding carboxylic acids is 2. The Morgan fingerprint density at radius 1 is 1.44 bits per heavy atom. The molecule has 1 saturated heterocycles. The quantitative estimate of drug-likeness (QED) is 0.782. The summed E-state index contributed by atoms with van der Waals surface area (Å²) >= 11 is 0. The lowest BCUT2D eigenvalue weighted by atomic mass is 9.98. The third-order valence-corrected chi connectivity index (χ3v) is 2.92. The van der Waals surface area contributed by atoms with Gasteiger partial charge < -0.3 is 10.2 Å². The van der Waals surface area contributed by atoms with Crippen LogP contribution in [0.2, 0.25) is 0 Å². The smallest absolute Gasteiger partial charge is 0.248 e. The molecule has 0 saturated carbocycles. The first-order chi connectivity index (χ1) is 7.36. The van der Waals surface area contributed by atoms with Crippen LogP contribution in [0, 0.1) is 5.92 Å². The second-order valence-electron chi connectivity index (χ2n) is 5.25. The van der Waals surface area contributed by atoms with Crippen LogP contribution in [0.1, 0.15) is 40.5 Å². The summed E-state index contributed by atoms with van der Waals surface area (Å²) in [6.45, 7) is 8.65. The summed E-state index contributed by atoms with van der Waals surface area (Å²) in [5.41, 5.74) is -0.749. The largest absolute Gasteiger partial charge is 0.341 e. The molecule has 0 aromatic rings. The van der Waals surface area contributed by atoms with Gasteiger partial charge in [-0.1, -0.05) is 20.3 Å². The first-order valence-electron chi connectivity index (χ1n) is 5.97. The fraction of sp³-hybridized carbons (Fsp3) is 0.833. The van der Waals surface area contributed by atoms with Crippen molar-refractivity contribution >= 4 is 11.8 Å². The SMILES string of the molecule is CCCC(C)CN1CC(=O)NC(C)(C)C1=O. The van der Waals surface area contributed by atoms with Crippen molar-refractivity contribution in [3.63, 3.8) is 0 Å². The van der Waals surface area contributed by atoms with Crippen molar-refractivity contribution in [1.29, 1.82) is 0 Å². The molecule has 1 atom stereocenters. The maximum Gasteiger partial charge on any atom is 0.248 e. The molecule has 1 aliphatic heterocycles. The molecule has 92 valence electrons. The van der Waals surface area contributed by atoms with E-state index in [-0.39, 0.29) is 18.4 Å². The Morgan fingerprint density at radius 3 is 2.62 bits per heavy atom. The van der Waals surface area contributed by atoms with Gasteiger partial charge in [-0.05, 0) is 26.2 Å². The molecule has 0 aromatic heterocycles. The van der Waals surface area contributed by atoms with E-state index < -0.39 is 5.54 Å². The van der Waals surface area contributed by atoms with Crippen LogP contribution >= 0.6 is 0 Å². The van der Waals surface area contributed by atoms with E-state index in [4.69, 9.17) is 0 Å². The molecule has 0 aliphatic carbocycles. The molecule has 0 spiro atoms. The normalized spacial score (nSPS) is 21.9. The highest BCUT2D eigenvalue weighted by molar-refractivity contribution is 5.97. The summed E-state index contributed by atoms with van der Waals surface area (Å²) in [7, 11) is 0. The van der Waals surface area contributed by atoms with Gasteiger partial charge in [0.05, 0.1) is 6.54 Å². The molecule has 0 aromatic carbocycles. The van der Waals surface area contributed by atoms with Crippen LogP contribution < -0.4 is 5.32 Å². The first kappa shape index (κ1) is 13.0. The minimum Gasteiger partial charge on any atom is -0.341 e. The van der Waals surface area contributed by atoms with Crippen LogP contribution in [0.5, 0.6) is 0 Å². The number of rotatable bonds is 4. The maximum absolute atomic E-state index is 12.0. The minimum absolute atomic E-state index is 0.0232. The number of hydrogen-bond donors (Lipinski definition) is 1. The van der Waals surface area contributed by atoms with Crippen LogP contribution in [-0.2, 0) is 9.59 Å². The minimum atomic E-state index is -0.749. The molecule has 16 heavy (non-hydrogen) atoms. The molecule has 1 fully saturated rings. The zero-order valence-electron chi connectivity index (χ0n) is 10.7. The molecular formula is C12H22N2O2. The number of nitrogens with one attached hydrogen (secondary N) is 1. The summed E-state index contributed by atoms with van der Waals surface area (Å²) in [6.07, 6.45) is 2.20. The Kier molecular flexibility index (Phi) is 3.94. The van der Waals surface area contributed by atoms with E-state index in [2.05, 4.69) is 19.2 Å². The van der Waals surface area contributed by atoms with Gasteiger partial charge in [-0.15, -0.1) is 0 Å². The highest BCUT2D eigenvalue weighted by Crippen LogP contribution is 2.16. The van der Waals surface area contributed by atoms with Gasteiger partial charge in [0, 0.05) is 6.54 Å². The Morgan fingerprint density at radius 2 is 2.06 bits per heavy atom. The second kappa shape index (κ2) is 4.85. The zero-order chi connectivity index (χ0) is 12.3. The van der Waals surface area contributed by atoms with Crippen molar-refractivity contribution in [3.05, 3.63) is 0 Å². The fourth-order valence-electron chi connectivity index (χ4n) is 2.19. The van der Waals surface area contributed by atoms with Crippen molar-refractivity contribution in [2.45, 2.75) is 46.1 Å². The van der Waals surface area contributed by atoms with Crippen LogP contribution in [-0.4, -0.2) is 35.3 Å². The predicted octanol–water partition coefficient (Wildman–Crippen LogP) is 1.16. The lowest BCUT2D eigenvalue weighted by Crippen LogP contribution is -2.64. The van der Waals surface area contributed by atoms with Crippen LogP contribution in [0.3, 0.4) is 0 Å². The Labute approximate surface area is 97.4 Å². The highest BCUT2D eigenvalue weighted by atomic mass is 16.2. The molecule has 1 heterocycles. The van der Waals surface area contributed by atoms with E-state index >= 15 is 0 Å². The predicted molar refractivity (Wildman–Crippen MR) is 62.9 cm³/mol. The Hall–Kier alpha value is -1.06. The van der Waals surface area contributed by atoms with E-state index in [1.807, 2.05) is 0 Å². The summed E-state index contributed by atoms with van der Waals surface area (Å²) in [6, 6.07) is 0. The molecule has 0 radical (unpaired) electrons. The Balaban J connectivity index is 2.65. The zero-order valence-corrected chi connectivity index (χ0v) is 10.7. The van der Waals surface area contributed by atoms with Gasteiger partial charge in [-0.3, -0.25) is 9.59 Å². The average molecular weight is 226 g/mol. The molecule has 2 amide bonds.